The molecular weight excluding hydrogens is 760 g/mol. The molecule has 0 atom stereocenters. The number of hydrogen-bond donors (Lipinski definition) is 0. The van der Waals surface area contributed by atoms with E-state index in [9.17, 15) is 39.2 Å². The molecule has 17 heteroatoms. The van der Waals surface area contributed by atoms with E-state index >= 15 is 8.78 Å². The van der Waals surface area contributed by atoms with E-state index in [-0.39, 0.29) is 14.0 Å². The molecule has 0 saturated carbocycles. The van der Waals surface area contributed by atoms with Crippen molar-refractivity contribution >= 4 is 43.1 Å². The van der Waals surface area contributed by atoms with Gasteiger partial charge >= 0.3 is 33.4 Å². The number of thiophene rings is 2. The van der Waals surface area contributed by atoms with Crippen LogP contribution in [0.1, 0.15) is 11.1 Å². The van der Waals surface area contributed by atoms with Gasteiger partial charge in [-0.1, -0.05) is 71.0 Å². The van der Waals surface area contributed by atoms with Gasteiger partial charge in [-0.15, -0.1) is 11.3 Å². The number of rotatable bonds is 11. The largest absolute Gasteiger partial charge is 0.487 e. The van der Waals surface area contributed by atoms with Crippen LogP contribution in [0.5, 0.6) is 5.06 Å². The normalized spacial score (nSPS) is 13.8. The molecule has 0 unspecified atom stereocenters. The smallest absolute Gasteiger partial charge is 0.460 e. The first-order valence-corrected chi connectivity index (χ1v) is 18.7. The van der Waals surface area contributed by atoms with Crippen LogP contribution in [-0.2, 0) is 13.7 Å². The molecule has 0 fully saturated rings. The van der Waals surface area contributed by atoms with E-state index in [0.29, 0.717) is 26.6 Å². The predicted molar refractivity (Wildman–Crippen MR) is 175 cm³/mol. The van der Waals surface area contributed by atoms with Crippen LogP contribution in [0.25, 0.3) is 20.9 Å². The monoisotopic (exact) mass is 784 g/mol. The number of hydrogen-bond acceptors (Lipinski definition) is 6. The molecule has 0 saturated heterocycles. The summed E-state index contributed by atoms with van der Waals surface area (Å²) in [7, 11) is -9.88. The second kappa shape index (κ2) is 13.2. The lowest BCUT2D eigenvalue weighted by molar-refractivity contribution is -0.382. The first-order chi connectivity index (χ1) is 23.2. The van der Waals surface area contributed by atoms with E-state index in [0.717, 1.165) is 21.8 Å². The Morgan fingerprint density at radius 2 is 1.00 bits per heavy atom. The third kappa shape index (κ3) is 6.42. The first-order valence-electron chi connectivity index (χ1n) is 14.1. The van der Waals surface area contributed by atoms with Crippen LogP contribution < -0.4 is 4.74 Å². The number of aryl methyl sites for hydroxylation is 2. The van der Waals surface area contributed by atoms with Gasteiger partial charge in [0.05, 0.1) is 11.3 Å². The van der Waals surface area contributed by atoms with E-state index in [1.54, 1.807) is 44.2 Å². The molecule has 5 aromatic rings. The Morgan fingerprint density at radius 1 is 0.560 bits per heavy atom. The highest BCUT2D eigenvalue weighted by molar-refractivity contribution is 8.34. The Hall–Kier alpha value is -3.51. The molecule has 2 heterocycles. The third-order valence-electron chi connectivity index (χ3n) is 7.43. The summed E-state index contributed by atoms with van der Waals surface area (Å²) in [4.78, 5) is 1.03. The van der Waals surface area contributed by atoms with Crippen LogP contribution in [0.2, 0.25) is 0 Å². The molecule has 4 nitrogen and oxygen atoms in total. The Morgan fingerprint density at radius 3 is 1.42 bits per heavy atom. The van der Waals surface area contributed by atoms with Crippen molar-refractivity contribution in [2.45, 2.75) is 51.1 Å². The summed E-state index contributed by atoms with van der Waals surface area (Å²) in [5.41, 5.74) is 2.60. The summed E-state index contributed by atoms with van der Waals surface area (Å²) < 4.78 is 163. The van der Waals surface area contributed by atoms with Crippen LogP contribution in [0, 0.1) is 13.8 Å². The highest BCUT2D eigenvalue weighted by Gasteiger charge is 2.86. The van der Waals surface area contributed by atoms with Gasteiger partial charge in [-0.2, -0.15) is 47.9 Å². The number of alkyl halides is 9. The first kappa shape index (κ1) is 37.7. The van der Waals surface area contributed by atoms with E-state index in [2.05, 4.69) is 0 Å². The average molecular weight is 785 g/mol. The maximum Gasteiger partial charge on any atom is 0.460 e. The number of ether oxygens (including phenoxy) is 1. The van der Waals surface area contributed by atoms with Gasteiger partial charge < -0.3 is 4.74 Å². The number of benzene rings is 3. The lowest BCUT2D eigenvalue weighted by atomic mass is 10.1. The molecule has 0 aliphatic heterocycles. The zero-order chi connectivity index (χ0) is 36.9. The second-order valence-electron chi connectivity index (χ2n) is 10.9. The van der Waals surface area contributed by atoms with E-state index < -0.39 is 43.7 Å². The summed E-state index contributed by atoms with van der Waals surface area (Å²) in [6, 6.07) is 24.3. The predicted octanol–water partition coefficient (Wildman–Crippen LogP) is 11.7. The molecular formula is C33H25F9O4S4. The molecule has 0 aliphatic rings. The minimum Gasteiger partial charge on any atom is -0.487 e. The van der Waals surface area contributed by atoms with Gasteiger partial charge in [-0.3, -0.25) is 0 Å². The van der Waals surface area contributed by atoms with Crippen LogP contribution in [0.4, 0.5) is 39.5 Å². The van der Waals surface area contributed by atoms with E-state index in [1.807, 2.05) is 6.07 Å². The lowest BCUT2D eigenvalue weighted by Crippen LogP contribution is -2.63. The molecule has 0 aliphatic carbocycles. The topological polar surface area (TPSA) is 52.6 Å². The molecule has 268 valence electrons. The zero-order valence-electron chi connectivity index (χ0n) is 25.9. The van der Waals surface area contributed by atoms with Crippen molar-refractivity contribution in [2.24, 2.45) is 0 Å². The van der Waals surface area contributed by atoms with Crippen molar-refractivity contribution in [3.63, 3.8) is 0 Å². The van der Waals surface area contributed by atoms with Gasteiger partial charge in [0.25, 0.3) is 0 Å². The van der Waals surface area contributed by atoms with Crippen molar-refractivity contribution in [2.75, 3.05) is 7.11 Å². The summed E-state index contributed by atoms with van der Waals surface area (Å²) >= 11 is 2.23. The fraction of sp³-hybridized carbons (Fsp3) is 0.212. The van der Waals surface area contributed by atoms with Crippen molar-refractivity contribution in [1.82, 2.24) is 0 Å². The highest BCUT2D eigenvalue weighted by Crippen LogP contribution is 2.73. The van der Waals surface area contributed by atoms with E-state index in [4.69, 9.17) is 8.37 Å². The zero-order valence-corrected chi connectivity index (χ0v) is 29.2. The van der Waals surface area contributed by atoms with Crippen LogP contribution in [0.15, 0.2) is 111 Å². The van der Waals surface area contributed by atoms with Crippen molar-refractivity contribution in [3.8, 4) is 25.9 Å². The van der Waals surface area contributed by atoms with Crippen LogP contribution >= 0.6 is 33.0 Å². The molecule has 0 radical (unpaired) electrons. The fourth-order valence-corrected chi connectivity index (χ4v) is 12.6. The highest BCUT2D eigenvalue weighted by atomic mass is 32.3. The summed E-state index contributed by atoms with van der Waals surface area (Å²) in [5.74, 6) is -14.9. The number of methoxy groups -OCH3 is 1. The summed E-state index contributed by atoms with van der Waals surface area (Å²) in [6.45, 7) is 3.27. The molecule has 0 N–H and O–H groups in total. The summed E-state index contributed by atoms with van der Waals surface area (Å²) in [6.07, 6.45) is -7.24. The van der Waals surface area contributed by atoms with Crippen molar-refractivity contribution in [3.05, 3.63) is 108 Å². The summed E-state index contributed by atoms with van der Waals surface area (Å²) in [5, 5.41) is -6.38. The Balaban J connectivity index is 1.70. The molecule has 3 aromatic carbocycles. The lowest BCUT2D eigenvalue weighted by Gasteiger charge is -2.40. The van der Waals surface area contributed by atoms with Crippen LogP contribution in [-0.4, -0.2) is 38.8 Å². The van der Waals surface area contributed by atoms with Gasteiger partial charge in [0.2, 0.25) is 0 Å². The van der Waals surface area contributed by atoms with Gasteiger partial charge in [0.1, 0.15) is 0 Å². The second-order valence-corrected chi connectivity index (χ2v) is 17.7. The molecule has 2 aromatic heterocycles. The van der Waals surface area contributed by atoms with Gasteiger partial charge in [0, 0.05) is 19.5 Å². The van der Waals surface area contributed by atoms with Gasteiger partial charge in [-0.05, 0) is 83.8 Å². The molecule has 0 amide bonds. The third-order valence-corrected chi connectivity index (χ3v) is 15.4. The molecule has 5 rings (SSSR count). The quantitative estimate of drug-likeness (QED) is 0.125. The minimum absolute atomic E-state index is 0.113. The molecule has 0 spiro atoms. The van der Waals surface area contributed by atoms with E-state index in [1.165, 1.54) is 79.1 Å². The fourth-order valence-electron chi connectivity index (χ4n) is 4.65. The standard InChI is InChI=1S/C33H25F9O4S4/c1-20-4-12-24(13-5-20)49(25-14-6-21(2)7-15-25,46-50(43,44)33(41,42)31(36,37)30(34,35)32(38,39)40)29-19-17-27(48-29)23-10-8-22(9-11-23)26-16-18-28(45-3)47-26/h4-19H,1-3H3. The van der Waals surface area contributed by atoms with Gasteiger partial charge in [0.15, 0.2) is 5.06 Å². The Bertz CT molecular complexity index is 2030. The van der Waals surface area contributed by atoms with Crippen molar-refractivity contribution < 1.29 is 56.3 Å². The Labute approximate surface area is 290 Å². The molecule has 50 heavy (non-hydrogen) atoms. The van der Waals surface area contributed by atoms with Crippen LogP contribution in [0.3, 0.4) is 0 Å². The average Bonchev–Trinajstić information content (AvgIpc) is 3.75. The minimum atomic E-state index is -7.47. The maximum atomic E-state index is 15.3. The SMILES string of the molecule is COc1ccc(-c2ccc(-c3ccc(S(OS(=O)(=O)C(F)(F)C(F)(F)C(F)(F)C(F)(F)F)(c4ccc(C)cc4)c4ccc(C)cc4)s3)cc2)s1. The number of halogens is 9. The van der Waals surface area contributed by atoms with Gasteiger partial charge in [-0.25, -0.2) is 3.63 Å². The molecule has 0 bridgehead atoms. The maximum absolute atomic E-state index is 15.3. The Kier molecular flexibility index (Phi) is 9.99. The van der Waals surface area contributed by atoms with Crippen molar-refractivity contribution in [1.29, 1.82) is 0 Å².